The van der Waals surface area contributed by atoms with E-state index in [0.29, 0.717) is 6.54 Å². The fourth-order valence-corrected chi connectivity index (χ4v) is 2.65. The number of rotatable bonds is 4. The predicted molar refractivity (Wildman–Crippen MR) is 73.7 cm³/mol. The highest BCUT2D eigenvalue weighted by Gasteiger charge is 2.14. The van der Waals surface area contributed by atoms with Crippen LogP contribution in [0.2, 0.25) is 0 Å². The summed E-state index contributed by atoms with van der Waals surface area (Å²) in [5.74, 6) is 0.0801. The number of amides is 1. The van der Waals surface area contributed by atoms with Crippen LogP contribution in [-0.2, 0) is 13.0 Å². The summed E-state index contributed by atoms with van der Waals surface area (Å²) >= 11 is 1.58. The Morgan fingerprint density at radius 2 is 2.00 bits per heavy atom. The molecule has 0 unspecified atom stereocenters. The minimum absolute atomic E-state index is 0.0801. The molecule has 0 spiro atoms. The maximum Gasteiger partial charge on any atom is 0.263 e. The molecular formula is C14H16N2OS. The van der Waals surface area contributed by atoms with E-state index >= 15 is 0 Å². The fraction of sp³-hybridized carbons (Fsp3) is 0.286. The van der Waals surface area contributed by atoms with Gasteiger partial charge in [-0.3, -0.25) is 9.78 Å². The Morgan fingerprint density at radius 1 is 1.28 bits per heavy atom. The van der Waals surface area contributed by atoms with Crippen LogP contribution in [0.4, 0.5) is 0 Å². The topological polar surface area (TPSA) is 33.2 Å². The van der Waals surface area contributed by atoms with Gasteiger partial charge in [0.2, 0.25) is 0 Å². The predicted octanol–water partition coefficient (Wildman–Crippen LogP) is 2.98. The van der Waals surface area contributed by atoms with Crippen molar-refractivity contribution >= 4 is 17.2 Å². The van der Waals surface area contributed by atoms with Crippen molar-refractivity contribution in [2.75, 3.05) is 7.05 Å². The van der Waals surface area contributed by atoms with Gasteiger partial charge in [-0.15, -0.1) is 11.3 Å². The third-order valence-electron chi connectivity index (χ3n) is 2.74. The molecule has 0 aromatic carbocycles. The van der Waals surface area contributed by atoms with Gasteiger partial charge in [-0.25, -0.2) is 0 Å². The molecule has 0 atom stereocenters. The Bertz CT molecular complexity index is 522. The molecule has 2 heterocycles. The third kappa shape index (κ3) is 2.96. The highest BCUT2D eigenvalue weighted by molar-refractivity contribution is 7.14. The number of aromatic nitrogens is 1. The molecule has 94 valence electrons. The van der Waals surface area contributed by atoms with Crippen molar-refractivity contribution in [1.29, 1.82) is 0 Å². The second-order valence-electron chi connectivity index (χ2n) is 4.14. The van der Waals surface area contributed by atoms with Gasteiger partial charge in [0.15, 0.2) is 0 Å². The minimum atomic E-state index is 0.0801. The average Bonchev–Trinajstić information content (AvgIpc) is 2.87. The van der Waals surface area contributed by atoms with Gasteiger partial charge in [0.1, 0.15) is 0 Å². The van der Waals surface area contributed by atoms with Crippen LogP contribution in [0.25, 0.3) is 0 Å². The monoisotopic (exact) mass is 260 g/mol. The van der Waals surface area contributed by atoms with Gasteiger partial charge >= 0.3 is 0 Å². The van der Waals surface area contributed by atoms with Crippen molar-refractivity contribution in [2.45, 2.75) is 19.9 Å². The molecule has 0 radical (unpaired) electrons. The minimum Gasteiger partial charge on any atom is -0.337 e. The van der Waals surface area contributed by atoms with Crippen molar-refractivity contribution in [3.8, 4) is 0 Å². The molecule has 0 fully saturated rings. The standard InChI is InChI=1S/C14H16N2OS/c1-3-12-4-5-13(18-12)14(17)16(2)10-11-6-8-15-9-7-11/h4-9H,3,10H2,1-2H3. The molecule has 0 aliphatic rings. The van der Waals surface area contributed by atoms with Crippen LogP contribution >= 0.6 is 11.3 Å². The zero-order valence-corrected chi connectivity index (χ0v) is 11.4. The summed E-state index contributed by atoms with van der Waals surface area (Å²) in [5, 5.41) is 0. The van der Waals surface area contributed by atoms with Crippen LogP contribution in [0.3, 0.4) is 0 Å². The maximum absolute atomic E-state index is 12.2. The molecule has 0 saturated heterocycles. The molecule has 0 aliphatic carbocycles. The van der Waals surface area contributed by atoms with E-state index in [0.717, 1.165) is 16.9 Å². The van der Waals surface area contributed by atoms with E-state index in [1.54, 1.807) is 28.6 Å². The number of hydrogen-bond donors (Lipinski definition) is 0. The van der Waals surface area contributed by atoms with E-state index in [1.807, 2.05) is 31.3 Å². The van der Waals surface area contributed by atoms with Crippen molar-refractivity contribution in [3.63, 3.8) is 0 Å². The lowest BCUT2D eigenvalue weighted by Crippen LogP contribution is -2.25. The Balaban J connectivity index is 2.05. The van der Waals surface area contributed by atoms with Gasteiger partial charge in [-0.1, -0.05) is 6.92 Å². The molecule has 2 rings (SSSR count). The van der Waals surface area contributed by atoms with Gasteiger partial charge in [0.25, 0.3) is 5.91 Å². The van der Waals surface area contributed by atoms with Crippen LogP contribution in [0, 0.1) is 0 Å². The second-order valence-corrected chi connectivity index (χ2v) is 5.30. The third-order valence-corrected chi connectivity index (χ3v) is 3.95. The Morgan fingerprint density at radius 3 is 2.61 bits per heavy atom. The zero-order valence-electron chi connectivity index (χ0n) is 10.6. The molecule has 0 bridgehead atoms. The Labute approximate surface area is 111 Å². The normalized spacial score (nSPS) is 10.3. The highest BCUT2D eigenvalue weighted by Crippen LogP contribution is 2.19. The van der Waals surface area contributed by atoms with E-state index in [2.05, 4.69) is 11.9 Å². The molecular weight excluding hydrogens is 244 g/mol. The number of thiophene rings is 1. The first-order chi connectivity index (χ1) is 8.70. The van der Waals surface area contributed by atoms with Crippen molar-refractivity contribution < 1.29 is 4.79 Å². The number of carbonyl (C=O) groups is 1. The van der Waals surface area contributed by atoms with E-state index in [1.165, 1.54) is 4.88 Å². The lowest BCUT2D eigenvalue weighted by Gasteiger charge is -2.16. The number of carbonyl (C=O) groups excluding carboxylic acids is 1. The van der Waals surface area contributed by atoms with Gasteiger partial charge < -0.3 is 4.90 Å². The summed E-state index contributed by atoms with van der Waals surface area (Å²) in [7, 11) is 1.83. The first-order valence-electron chi connectivity index (χ1n) is 5.93. The Kier molecular flexibility index (Phi) is 4.10. The summed E-state index contributed by atoms with van der Waals surface area (Å²) in [6.45, 7) is 2.71. The van der Waals surface area contributed by atoms with E-state index in [-0.39, 0.29) is 5.91 Å². The summed E-state index contributed by atoms with van der Waals surface area (Å²) in [4.78, 5) is 20.0. The number of aryl methyl sites for hydroxylation is 1. The van der Waals surface area contributed by atoms with Crippen LogP contribution in [-0.4, -0.2) is 22.8 Å². The zero-order chi connectivity index (χ0) is 13.0. The van der Waals surface area contributed by atoms with Gasteiger partial charge in [0, 0.05) is 30.9 Å². The maximum atomic E-state index is 12.2. The molecule has 18 heavy (non-hydrogen) atoms. The average molecular weight is 260 g/mol. The van der Waals surface area contributed by atoms with E-state index in [9.17, 15) is 4.79 Å². The molecule has 0 saturated carbocycles. The number of hydrogen-bond acceptors (Lipinski definition) is 3. The quantitative estimate of drug-likeness (QED) is 0.846. The molecule has 1 amide bonds. The van der Waals surface area contributed by atoms with Crippen molar-refractivity contribution in [3.05, 3.63) is 52.0 Å². The lowest BCUT2D eigenvalue weighted by molar-refractivity contribution is 0.0790. The van der Waals surface area contributed by atoms with Crippen LogP contribution < -0.4 is 0 Å². The molecule has 4 heteroatoms. The SMILES string of the molecule is CCc1ccc(C(=O)N(C)Cc2ccncc2)s1. The summed E-state index contributed by atoms with van der Waals surface area (Å²) in [6, 6.07) is 7.79. The lowest BCUT2D eigenvalue weighted by atomic mass is 10.2. The van der Waals surface area contributed by atoms with Crippen LogP contribution in [0.5, 0.6) is 0 Å². The summed E-state index contributed by atoms with van der Waals surface area (Å²) < 4.78 is 0. The van der Waals surface area contributed by atoms with Crippen LogP contribution in [0.15, 0.2) is 36.7 Å². The molecule has 3 nitrogen and oxygen atoms in total. The fourth-order valence-electron chi connectivity index (χ4n) is 1.70. The largest absolute Gasteiger partial charge is 0.337 e. The van der Waals surface area contributed by atoms with E-state index in [4.69, 9.17) is 0 Å². The van der Waals surface area contributed by atoms with Gasteiger partial charge in [-0.05, 0) is 36.2 Å². The first-order valence-corrected chi connectivity index (χ1v) is 6.75. The molecule has 2 aromatic rings. The molecule has 0 aliphatic heterocycles. The summed E-state index contributed by atoms with van der Waals surface area (Å²) in [6.07, 6.45) is 4.47. The number of nitrogens with zero attached hydrogens (tertiary/aromatic N) is 2. The van der Waals surface area contributed by atoms with E-state index < -0.39 is 0 Å². The van der Waals surface area contributed by atoms with Crippen LogP contribution in [0.1, 0.15) is 27.0 Å². The van der Waals surface area contributed by atoms with Gasteiger partial charge in [-0.2, -0.15) is 0 Å². The van der Waals surface area contributed by atoms with Crippen molar-refractivity contribution in [2.24, 2.45) is 0 Å². The highest BCUT2D eigenvalue weighted by atomic mass is 32.1. The second kappa shape index (κ2) is 5.78. The smallest absolute Gasteiger partial charge is 0.263 e. The Hall–Kier alpha value is -1.68. The summed E-state index contributed by atoms with van der Waals surface area (Å²) in [5.41, 5.74) is 1.09. The van der Waals surface area contributed by atoms with Gasteiger partial charge in [0.05, 0.1) is 4.88 Å². The van der Waals surface area contributed by atoms with Crippen molar-refractivity contribution in [1.82, 2.24) is 9.88 Å². The first kappa shape index (κ1) is 12.8. The number of pyridine rings is 1. The molecule has 2 aromatic heterocycles. The molecule has 0 N–H and O–H groups in total.